The zero-order chi connectivity index (χ0) is 5.54. The van der Waals surface area contributed by atoms with Crippen molar-refractivity contribution in [1.29, 1.82) is 0 Å². The van der Waals surface area contributed by atoms with Crippen LogP contribution in [-0.4, -0.2) is 7.85 Å². The third-order valence-electron chi connectivity index (χ3n) is 0.736. The zero-order valence-electron chi connectivity index (χ0n) is 4.85. The van der Waals surface area contributed by atoms with E-state index in [2.05, 4.69) is 19.1 Å². The summed E-state index contributed by atoms with van der Waals surface area (Å²) < 4.78 is 0. The Kier molecular flexibility index (Phi) is 5.64. The van der Waals surface area contributed by atoms with Crippen LogP contribution in [0.3, 0.4) is 0 Å². The Labute approximate surface area is 47.0 Å². The summed E-state index contributed by atoms with van der Waals surface area (Å²) in [6.07, 6.45) is 7.16. The summed E-state index contributed by atoms with van der Waals surface area (Å²) in [5.41, 5.74) is 0. The Hall–Kier alpha value is -0.195. The predicted octanol–water partition coefficient (Wildman–Crippen LogP) is 1.93. The van der Waals surface area contributed by atoms with Crippen molar-refractivity contribution in [3.8, 4) is 0 Å². The minimum Gasteiger partial charge on any atom is -0.0893 e. The molecule has 0 rings (SSSR count). The van der Waals surface area contributed by atoms with E-state index >= 15 is 0 Å². The van der Waals surface area contributed by atoms with E-state index < -0.39 is 0 Å². The van der Waals surface area contributed by atoms with Gasteiger partial charge < -0.3 is 0 Å². The third-order valence-corrected chi connectivity index (χ3v) is 0.736. The third kappa shape index (κ3) is 5.80. The van der Waals surface area contributed by atoms with Gasteiger partial charge in [0.1, 0.15) is 0 Å². The number of rotatable bonds is 3. The Morgan fingerprint density at radius 2 is 2.14 bits per heavy atom. The van der Waals surface area contributed by atoms with Crippen LogP contribution in [0.2, 0.25) is 6.32 Å². The average molecular weight is 94.0 g/mol. The summed E-state index contributed by atoms with van der Waals surface area (Å²) in [5.74, 6) is 0. The molecule has 0 aromatic heterocycles. The first-order chi connectivity index (χ1) is 3.41. The fourth-order valence-corrected chi connectivity index (χ4v) is 0.381. The standard InChI is InChI=1S/C6H11B/c1-2-3-4-5-6-7/h3-4H,2,5-6H2,1H3/b4-3+. The highest BCUT2D eigenvalue weighted by atomic mass is 13.7. The van der Waals surface area contributed by atoms with Crippen molar-refractivity contribution >= 4 is 7.85 Å². The Morgan fingerprint density at radius 1 is 1.43 bits per heavy atom. The molecule has 0 saturated carbocycles. The van der Waals surface area contributed by atoms with E-state index in [1.54, 1.807) is 0 Å². The molecule has 0 spiro atoms. The summed E-state index contributed by atoms with van der Waals surface area (Å²) in [6.45, 7) is 2.12. The van der Waals surface area contributed by atoms with Crippen LogP contribution in [0, 0.1) is 0 Å². The van der Waals surface area contributed by atoms with Crippen molar-refractivity contribution in [1.82, 2.24) is 0 Å². The van der Waals surface area contributed by atoms with Gasteiger partial charge in [0.15, 0.2) is 0 Å². The van der Waals surface area contributed by atoms with E-state index in [0.717, 1.165) is 19.2 Å². The molecule has 0 aliphatic carbocycles. The normalized spacial score (nSPS) is 10.4. The van der Waals surface area contributed by atoms with Gasteiger partial charge in [-0.15, -0.1) is 0 Å². The van der Waals surface area contributed by atoms with Crippen LogP contribution in [0.15, 0.2) is 12.2 Å². The van der Waals surface area contributed by atoms with Gasteiger partial charge in [-0.25, -0.2) is 0 Å². The largest absolute Gasteiger partial charge is 0.0893 e. The second-order valence-corrected chi connectivity index (χ2v) is 1.46. The summed E-state index contributed by atoms with van der Waals surface area (Å²) in [4.78, 5) is 0. The lowest BCUT2D eigenvalue weighted by Crippen LogP contribution is -1.62. The average Bonchev–Trinajstić information content (AvgIpc) is 1.69. The maximum atomic E-state index is 5.22. The molecule has 0 N–H and O–H groups in total. The van der Waals surface area contributed by atoms with E-state index in [-0.39, 0.29) is 0 Å². The van der Waals surface area contributed by atoms with Crippen LogP contribution in [0.1, 0.15) is 19.8 Å². The lowest BCUT2D eigenvalue weighted by molar-refractivity contribution is 1.15. The van der Waals surface area contributed by atoms with E-state index in [9.17, 15) is 0 Å². The van der Waals surface area contributed by atoms with E-state index in [1.165, 1.54) is 0 Å². The molecule has 0 unspecified atom stereocenters. The number of hydrogen-bond donors (Lipinski definition) is 0. The molecule has 0 aromatic carbocycles. The van der Waals surface area contributed by atoms with E-state index in [1.807, 2.05) is 0 Å². The second-order valence-electron chi connectivity index (χ2n) is 1.46. The lowest BCUT2D eigenvalue weighted by atomic mass is 10.0. The predicted molar refractivity (Wildman–Crippen MR) is 34.6 cm³/mol. The fourth-order valence-electron chi connectivity index (χ4n) is 0.381. The minimum atomic E-state index is 0.774. The highest BCUT2D eigenvalue weighted by Gasteiger charge is 1.68. The van der Waals surface area contributed by atoms with Gasteiger partial charge in [-0.1, -0.05) is 25.4 Å². The van der Waals surface area contributed by atoms with Crippen molar-refractivity contribution in [2.75, 3.05) is 0 Å². The molecule has 0 aliphatic heterocycles. The van der Waals surface area contributed by atoms with Crippen LogP contribution in [0.4, 0.5) is 0 Å². The molecule has 0 amide bonds. The topological polar surface area (TPSA) is 0 Å². The quantitative estimate of drug-likeness (QED) is 0.370. The van der Waals surface area contributed by atoms with Crippen molar-refractivity contribution in [2.24, 2.45) is 0 Å². The summed E-state index contributed by atoms with van der Waals surface area (Å²) in [6, 6.07) is 0. The molecule has 7 heavy (non-hydrogen) atoms. The summed E-state index contributed by atoms with van der Waals surface area (Å²) in [7, 11) is 5.22. The van der Waals surface area contributed by atoms with Crippen molar-refractivity contribution in [3.63, 3.8) is 0 Å². The van der Waals surface area contributed by atoms with E-state index in [4.69, 9.17) is 7.85 Å². The molecule has 0 aliphatic rings. The molecule has 2 radical (unpaired) electrons. The maximum Gasteiger partial charge on any atom is 0.0657 e. The number of allylic oxidation sites excluding steroid dienone is 2. The van der Waals surface area contributed by atoms with Gasteiger partial charge >= 0.3 is 0 Å². The van der Waals surface area contributed by atoms with Gasteiger partial charge in [0.25, 0.3) is 0 Å². The molecule has 0 heterocycles. The monoisotopic (exact) mass is 94.1 g/mol. The van der Waals surface area contributed by atoms with Gasteiger partial charge in [-0.05, 0) is 12.8 Å². The summed E-state index contributed by atoms with van der Waals surface area (Å²) >= 11 is 0. The smallest absolute Gasteiger partial charge is 0.0657 e. The molecular formula is C6H11B. The molecule has 0 saturated heterocycles. The Balaban J connectivity index is 2.78. The molecule has 0 fully saturated rings. The van der Waals surface area contributed by atoms with Crippen LogP contribution in [-0.2, 0) is 0 Å². The Morgan fingerprint density at radius 3 is 2.57 bits per heavy atom. The molecule has 1 heteroatoms. The maximum absolute atomic E-state index is 5.22. The van der Waals surface area contributed by atoms with E-state index in [0.29, 0.717) is 0 Å². The van der Waals surface area contributed by atoms with Gasteiger partial charge in [-0.2, -0.15) is 0 Å². The highest BCUT2D eigenvalue weighted by Crippen LogP contribution is 1.87. The first-order valence-corrected chi connectivity index (χ1v) is 2.77. The van der Waals surface area contributed by atoms with Gasteiger partial charge in [0.2, 0.25) is 0 Å². The van der Waals surface area contributed by atoms with Gasteiger partial charge in [-0.3, -0.25) is 0 Å². The van der Waals surface area contributed by atoms with Crippen molar-refractivity contribution in [2.45, 2.75) is 26.1 Å². The van der Waals surface area contributed by atoms with Gasteiger partial charge in [0.05, 0.1) is 7.85 Å². The first-order valence-electron chi connectivity index (χ1n) is 2.77. The second kappa shape index (κ2) is 5.80. The molecule has 0 bridgehead atoms. The zero-order valence-corrected chi connectivity index (χ0v) is 4.85. The summed E-state index contributed by atoms with van der Waals surface area (Å²) in [5, 5.41) is 0. The van der Waals surface area contributed by atoms with Crippen molar-refractivity contribution < 1.29 is 0 Å². The lowest BCUT2D eigenvalue weighted by Gasteiger charge is -1.79. The molecular weight excluding hydrogens is 82.9 g/mol. The SMILES string of the molecule is [B]CC/C=C/CC. The van der Waals surface area contributed by atoms with Crippen LogP contribution in [0.25, 0.3) is 0 Å². The fraction of sp³-hybridized carbons (Fsp3) is 0.667. The minimum absolute atomic E-state index is 0.774. The first kappa shape index (κ1) is 6.80. The van der Waals surface area contributed by atoms with Crippen LogP contribution >= 0.6 is 0 Å². The van der Waals surface area contributed by atoms with Crippen LogP contribution in [0.5, 0.6) is 0 Å². The van der Waals surface area contributed by atoms with Crippen molar-refractivity contribution in [3.05, 3.63) is 12.2 Å². The molecule has 0 aromatic rings. The number of hydrogen-bond acceptors (Lipinski definition) is 0. The Bertz CT molecular complexity index is 48.1. The van der Waals surface area contributed by atoms with Gasteiger partial charge in [0, 0.05) is 0 Å². The molecule has 38 valence electrons. The van der Waals surface area contributed by atoms with Crippen LogP contribution < -0.4 is 0 Å². The molecule has 0 nitrogen and oxygen atoms in total. The highest BCUT2D eigenvalue weighted by molar-refractivity contribution is 6.08. The molecule has 0 atom stereocenters.